The van der Waals surface area contributed by atoms with Crippen LogP contribution in [0.2, 0.25) is 0 Å². The predicted molar refractivity (Wildman–Crippen MR) is 87.0 cm³/mol. The summed E-state index contributed by atoms with van der Waals surface area (Å²) in [6.07, 6.45) is 7.46. The van der Waals surface area contributed by atoms with E-state index in [-0.39, 0.29) is 16.4 Å². The van der Waals surface area contributed by atoms with Crippen LogP contribution in [-0.2, 0) is 22.7 Å². The van der Waals surface area contributed by atoms with E-state index in [1.54, 1.807) is 18.5 Å². The molecule has 3 aromatic heterocycles. The molecular formula is C16H16N4O3S. The maximum atomic E-state index is 11.8. The molecule has 0 saturated carbocycles. The smallest absolute Gasteiger partial charge is 0.227 e. The lowest BCUT2D eigenvalue weighted by atomic mass is 10.1. The number of hydrogen-bond acceptors (Lipinski definition) is 7. The standard InChI is InChI=1S/C16H16N4O3S/c1-11-8-12(10-17-9-11)5-6-14-19-16(20-23-14)15-13(24(2,21)22)4-3-7-18-15/h3-4,7-10H,5-6H2,1-2H3. The zero-order valence-corrected chi connectivity index (χ0v) is 14.1. The summed E-state index contributed by atoms with van der Waals surface area (Å²) in [5.74, 6) is 0.602. The third-order valence-corrected chi connectivity index (χ3v) is 4.54. The van der Waals surface area contributed by atoms with Crippen molar-refractivity contribution in [3.8, 4) is 11.5 Å². The number of hydrogen-bond donors (Lipinski definition) is 0. The fourth-order valence-electron chi connectivity index (χ4n) is 2.32. The van der Waals surface area contributed by atoms with E-state index in [0.29, 0.717) is 18.7 Å². The fraction of sp³-hybridized carbons (Fsp3) is 0.250. The molecule has 0 spiro atoms. The second-order valence-corrected chi connectivity index (χ2v) is 7.49. The molecule has 8 heteroatoms. The van der Waals surface area contributed by atoms with Gasteiger partial charge in [0.2, 0.25) is 11.7 Å². The average molecular weight is 344 g/mol. The van der Waals surface area contributed by atoms with Crippen molar-refractivity contribution in [1.82, 2.24) is 20.1 Å². The van der Waals surface area contributed by atoms with Crippen LogP contribution >= 0.6 is 0 Å². The number of sulfone groups is 1. The summed E-state index contributed by atoms with van der Waals surface area (Å²) >= 11 is 0. The van der Waals surface area contributed by atoms with Crippen LogP contribution in [0.4, 0.5) is 0 Å². The van der Waals surface area contributed by atoms with E-state index < -0.39 is 9.84 Å². The third kappa shape index (κ3) is 3.65. The van der Waals surface area contributed by atoms with Gasteiger partial charge in [-0.2, -0.15) is 4.98 Å². The molecule has 3 aromatic rings. The fourth-order valence-corrected chi connectivity index (χ4v) is 3.14. The zero-order chi connectivity index (χ0) is 17.2. The molecule has 3 rings (SSSR count). The van der Waals surface area contributed by atoms with Crippen LogP contribution in [0.15, 0.2) is 46.2 Å². The molecule has 0 bridgehead atoms. The second-order valence-electron chi connectivity index (χ2n) is 5.50. The van der Waals surface area contributed by atoms with Crippen LogP contribution in [-0.4, -0.2) is 34.8 Å². The van der Waals surface area contributed by atoms with Gasteiger partial charge in [0.05, 0.1) is 4.90 Å². The van der Waals surface area contributed by atoms with Crippen molar-refractivity contribution in [3.63, 3.8) is 0 Å². The van der Waals surface area contributed by atoms with E-state index >= 15 is 0 Å². The van der Waals surface area contributed by atoms with Crippen molar-refractivity contribution < 1.29 is 12.9 Å². The summed E-state index contributed by atoms with van der Waals surface area (Å²) in [6.45, 7) is 1.98. The summed E-state index contributed by atoms with van der Waals surface area (Å²) < 4.78 is 28.9. The van der Waals surface area contributed by atoms with E-state index in [4.69, 9.17) is 4.52 Å². The summed E-state index contributed by atoms with van der Waals surface area (Å²) in [5.41, 5.74) is 2.36. The Morgan fingerprint density at radius 3 is 2.79 bits per heavy atom. The van der Waals surface area contributed by atoms with E-state index in [1.165, 1.54) is 12.3 Å². The highest BCUT2D eigenvalue weighted by Crippen LogP contribution is 2.22. The Balaban J connectivity index is 1.82. The molecule has 0 aliphatic heterocycles. The summed E-state index contributed by atoms with van der Waals surface area (Å²) in [5, 5.41) is 3.86. The first-order valence-electron chi connectivity index (χ1n) is 7.32. The molecule has 0 atom stereocenters. The van der Waals surface area contributed by atoms with Crippen LogP contribution in [0.3, 0.4) is 0 Å². The third-order valence-electron chi connectivity index (χ3n) is 3.41. The van der Waals surface area contributed by atoms with Crippen LogP contribution in [0.1, 0.15) is 17.0 Å². The Labute approximate surface area is 139 Å². The van der Waals surface area contributed by atoms with Gasteiger partial charge in [0.25, 0.3) is 0 Å². The van der Waals surface area contributed by atoms with Crippen LogP contribution < -0.4 is 0 Å². The van der Waals surface area contributed by atoms with Crippen molar-refractivity contribution in [3.05, 3.63) is 53.8 Å². The molecule has 0 fully saturated rings. The van der Waals surface area contributed by atoms with Gasteiger partial charge < -0.3 is 4.52 Å². The Bertz CT molecular complexity index is 967. The largest absolute Gasteiger partial charge is 0.339 e. The van der Waals surface area contributed by atoms with Crippen molar-refractivity contribution in [2.75, 3.05) is 6.26 Å². The maximum absolute atomic E-state index is 11.8. The number of aromatic nitrogens is 4. The first kappa shape index (κ1) is 16.3. The lowest BCUT2D eigenvalue weighted by Crippen LogP contribution is -2.02. The molecule has 0 N–H and O–H groups in total. The molecule has 0 radical (unpaired) electrons. The van der Waals surface area contributed by atoms with E-state index in [2.05, 4.69) is 20.1 Å². The minimum Gasteiger partial charge on any atom is -0.339 e. The Kier molecular flexibility index (Phi) is 4.39. The molecule has 0 amide bonds. The van der Waals surface area contributed by atoms with Crippen molar-refractivity contribution in [1.29, 1.82) is 0 Å². The summed E-state index contributed by atoms with van der Waals surface area (Å²) in [4.78, 5) is 12.6. The van der Waals surface area contributed by atoms with E-state index in [0.717, 1.165) is 17.4 Å². The number of rotatable bonds is 5. The van der Waals surface area contributed by atoms with Crippen molar-refractivity contribution >= 4 is 9.84 Å². The average Bonchev–Trinajstić information content (AvgIpc) is 3.01. The molecule has 3 heterocycles. The number of nitrogens with zero attached hydrogens (tertiary/aromatic N) is 4. The normalized spacial score (nSPS) is 11.6. The lowest BCUT2D eigenvalue weighted by molar-refractivity contribution is 0.378. The van der Waals surface area contributed by atoms with Gasteiger partial charge in [-0.05, 0) is 36.6 Å². The first-order chi connectivity index (χ1) is 11.4. The molecule has 24 heavy (non-hydrogen) atoms. The molecule has 0 aliphatic rings. The van der Waals surface area contributed by atoms with Gasteiger partial charge in [0.15, 0.2) is 9.84 Å². The van der Waals surface area contributed by atoms with Gasteiger partial charge >= 0.3 is 0 Å². The van der Waals surface area contributed by atoms with Crippen LogP contribution in [0.25, 0.3) is 11.5 Å². The van der Waals surface area contributed by atoms with Crippen molar-refractivity contribution in [2.45, 2.75) is 24.7 Å². The molecule has 0 unspecified atom stereocenters. The van der Waals surface area contributed by atoms with Gasteiger partial charge in [-0.25, -0.2) is 8.42 Å². The minimum atomic E-state index is -3.42. The molecule has 124 valence electrons. The Hall–Kier alpha value is -2.61. The Morgan fingerprint density at radius 2 is 2.04 bits per heavy atom. The van der Waals surface area contributed by atoms with Crippen molar-refractivity contribution in [2.24, 2.45) is 0 Å². The highest BCUT2D eigenvalue weighted by atomic mass is 32.2. The zero-order valence-electron chi connectivity index (χ0n) is 13.3. The van der Waals surface area contributed by atoms with Gasteiger partial charge in [0.1, 0.15) is 5.69 Å². The molecule has 0 aliphatic carbocycles. The topological polar surface area (TPSA) is 98.8 Å². The highest BCUT2D eigenvalue weighted by molar-refractivity contribution is 7.90. The van der Waals surface area contributed by atoms with Gasteiger partial charge in [-0.3, -0.25) is 9.97 Å². The molecule has 0 saturated heterocycles. The van der Waals surface area contributed by atoms with E-state index in [9.17, 15) is 8.42 Å². The number of pyridine rings is 2. The quantitative estimate of drug-likeness (QED) is 0.698. The second kappa shape index (κ2) is 6.48. The van der Waals surface area contributed by atoms with Gasteiger partial charge in [-0.1, -0.05) is 11.2 Å². The van der Waals surface area contributed by atoms with Crippen LogP contribution in [0, 0.1) is 6.92 Å². The number of aryl methyl sites for hydroxylation is 3. The summed E-state index contributed by atoms with van der Waals surface area (Å²) in [7, 11) is -3.42. The van der Waals surface area contributed by atoms with E-state index in [1.807, 2.05) is 13.0 Å². The summed E-state index contributed by atoms with van der Waals surface area (Å²) in [6, 6.07) is 5.09. The maximum Gasteiger partial charge on any atom is 0.227 e. The SMILES string of the molecule is Cc1cncc(CCc2nc(-c3ncccc3S(C)(=O)=O)no2)c1. The molecule has 0 aromatic carbocycles. The van der Waals surface area contributed by atoms with Gasteiger partial charge in [0, 0.05) is 31.3 Å². The van der Waals surface area contributed by atoms with Gasteiger partial charge in [-0.15, -0.1) is 0 Å². The molecule has 7 nitrogen and oxygen atoms in total. The van der Waals surface area contributed by atoms with Crippen LogP contribution in [0.5, 0.6) is 0 Å². The lowest BCUT2D eigenvalue weighted by Gasteiger charge is -2.01. The minimum absolute atomic E-state index is 0.0836. The predicted octanol–water partition coefficient (Wildman–Crippen LogP) is 2.02. The highest BCUT2D eigenvalue weighted by Gasteiger charge is 2.19. The first-order valence-corrected chi connectivity index (χ1v) is 9.21. The Morgan fingerprint density at radius 1 is 1.21 bits per heavy atom. The molecular weight excluding hydrogens is 328 g/mol. The monoisotopic (exact) mass is 344 g/mol.